The molecule has 24 heavy (non-hydrogen) atoms. The maximum atomic E-state index is 10.3. The van der Waals surface area contributed by atoms with Crippen molar-refractivity contribution >= 4 is 25.0 Å². The molecular formula is C18H16N2O4. The molecule has 0 heterocycles. The fourth-order valence-electron chi connectivity index (χ4n) is 2.11. The number of carbonyl (C=O) groups excluding carboxylic acids is 2. The first-order valence-electron chi connectivity index (χ1n) is 7.04. The topological polar surface area (TPSA) is 98.7 Å². The van der Waals surface area contributed by atoms with Gasteiger partial charge in [-0.05, 0) is 47.5 Å². The number of hydrogen-bond acceptors (Lipinski definition) is 4. The van der Waals surface area contributed by atoms with Crippen molar-refractivity contribution in [2.45, 2.75) is 0 Å². The molecule has 122 valence electrons. The Balaban J connectivity index is 2.42. The van der Waals surface area contributed by atoms with Crippen molar-refractivity contribution < 1.29 is 19.8 Å². The molecule has 0 aliphatic carbocycles. The molecule has 6 heteroatoms. The lowest BCUT2D eigenvalue weighted by molar-refractivity contribution is -0.109. The van der Waals surface area contributed by atoms with Gasteiger partial charge in [0, 0.05) is 23.5 Å². The Hall–Kier alpha value is -3.54. The summed E-state index contributed by atoms with van der Waals surface area (Å²) in [7, 11) is 0. The Morgan fingerprint density at radius 1 is 0.708 bits per heavy atom. The molecule has 0 atom stereocenters. The van der Waals surface area contributed by atoms with Crippen molar-refractivity contribution in [2.75, 3.05) is 0 Å². The summed E-state index contributed by atoms with van der Waals surface area (Å²) >= 11 is 0. The van der Waals surface area contributed by atoms with Gasteiger partial charge in [0.15, 0.2) is 0 Å². The van der Waals surface area contributed by atoms with E-state index in [1.807, 2.05) is 0 Å². The normalized spacial score (nSPS) is 10.8. The van der Waals surface area contributed by atoms with E-state index in [-0.39, 0.29) is 11.5 Å². The SMILES string of the molecule is O=CN/C=C/c1ccc(O)c(-c2cc(/C=C/NC=O)ccc2O)c1. The van der Waals surface area contributed by atoms with E-state index in [9.17, 15) is 19.8 Å². The van der Waals surface area contributed by atoms with Crippen LogP contribution < -0.4 is 10.6 Å². The zero-order chi connectivity index (χ0) is 17.4. The molecule has 0 radical (unpaired) electrons. The average Bonchev–Trinajstić information content (AvgIpc) is 2.58. The standard InChI is InChI=1S/C18H16N2O4/c21-11-19-7-5-13-1-3-17(23)15(9-13)16-10-14(2-4-18(16)24)6-8-20-12-22/h1-12,23-24H,(H,19,21)(H,20,22)/b7-5+,8-6+. The molecule has 0 aliphatic rings. The van der Waals surface area contributed by atoms with E-state index in [1.165, 1.54) is 24.5 Å². The van der Waals surface area contributed by atoms with Gasteiger partial charge in [-0.2, -0.15) is 0 Å². The third-order valence-corrected chi connectivity index (χ3v) is 3.21. The van der Waals surface area contributed by atoms with E-state index in [2.05, 4.69) is 10.6 Å². The fourth-order valence-corrected chi connectivity index (χ4v) is 2.11. The first kappa shape index (κ1) is 16.8. The number of hydrogen-bond donors (Lipinski definition) is 4. The van der Waals surface area contributed by atoms with Crippen molar-refractivity contribution in [3.8, 4) is 22.6 Å². The molecule has 2 rings (SSSR count). The van der Waals surface area contributed by atoms with Gasteiger partial charge in [-0.1, -0.05) is 12.1 Å². The lowest BCUT2D eigenvalue weighted by Gasteiger charge is -2.09. The highest BCUT2D eigenvalue weighted by atomic mass is 16.3. The number of carbonyl (C=O) groups is 2. The lowest BCUT2D eigenvalue weighted by Crippen LogP contribution is -1.98. The summed E-state index contributed by atoms with van der Waals surface area (Å²) in [5.74, 6) is 0.0240. The largest absolute Gasteiger partial charge is 0.507 e. The molecule has 0 aromatic heterocycles. The van der Waals surface area contributed by atoms with Gasteiger partial charge in [-0.15, -0.1) is 0 Å². The Kier molecular flexibility index (Phi) is 5.74. The van der Waals surface area contributed by atoms with Gasteiger partial charge in [-0.25, -0.2) is 0 Å². The Bertz CT molecular complexity index is 730. The van der Waals surface area contributed by atoms with Gasteiger partial charge in [0.2, 0.25) is 12.8 Å². The molecular weight excluding hydrogens is 308 g/mol. The predicted octanol–water partition coefficient (Wildman–Crippen LogP) is 2.20. The van der Waals surface area contributed by atoms with E-state index < -0.39 is 0 Å². The van der Waals surface area contributed by atoms with Crippen molar-refractivity contribution in [1.29, 1.82) is 0 Å². The minimum absolute atomic E-state index is 0.0120. The van der Waals surface area contributed by atoms with Gasteiger partial charge < -0.3 is 20.8 Å². The molecule has 0 fully saturated rings. The maximum Gasteiger partial charge on any atom is 0.211 e. The van der Waals surface area contributed by atoms with Crippen LogP contribution in [0.25, 0.3) is 23.3 Å². The van der Waals surface area contributed by atoms with Crippen LogP contribution in [0.15, 0.2) is 48.8 Å². The number of benzene rings is 2. The highest BCUT2D eigenvalue weighted by molar-refractivity contribution is 5.79. The minimum atomic E-state index is 0.0120. The van der Waals surface area contributed by atoms with Crippen LogP contribution in [0.3, 0.4) is 0 Å². The first-order chi connectivity index (χ1) is 11.7. The predicted molar refractivity (Wildman–Crippen MR) is 91.7 cm³/mol. The third-order valence-electron chi connectivity index (χ3n) is 3.21. The number of nitrogens with one attached hydrogen (secondary N) is 2. The molecule has 4 N–H and O–H groups in total. The summed E-state index contributed by atoms with van der Waals surface area (Å²) in [6.45, 7) is 0. The quantitative estimate of drug-likeness (QED) is 0.587. The molecule has 2 amide bonds. The van der Waals surface area contributed by atoms with E-state index >= 15 is 0 Å². The highest BCUT2D eigenvalue weighted by Crippen LogP contribution is 2.36. The number of phenols is 2. The summed E-state index contributed by atoms with van der Waals surface area (Å²) in [6.07, 6.45) is 7.35. The van der Waals surface area contributed by atoms with Crippen LogP contribution in [0.4, 0.5) is 0 Å². The molecule has 6 nitrogen and oxygen atoms in total. The molecule has 0 bridgehead atoms. The zero-order valence-corrected chi connectivity index (χ0v) is 12.6. The van der Waals surface area contributed by atoms with Crippen LogP contribution in [0, 0.1) is 0 Å². The summed E-state index contributed by atoms with van der Waals surface area (Å²) in [5, 5.41) is 25.0. The second-order valence-corrected chi connectivity index (χ2v) is 4.79. The van der Waals surface area contributed by atoms with Crippen LogP contribution in [0.5, 0.6) is 11.5 Å². The van der Waals surface area contributed by atoms with E-state index in [1.54, 1.807) is 36.4 Å². The fraction of sp³-hybridized carbons (Fsp3) is 0. The summed E-state index contributed by atoms with van der Waals surface area (Å²) in [5.41, 5.74) is 2.36. The molecule has 0 saturated carbocycles. The molecule has 0 unspecified atom stereocenters. The van der Waals surface area contributed by atoms with Crippen molar-refractivity contribution in [2.24, 2.45) is 0 Å². The van der Waals surface area contributed by atoms with Crippen molar-refractivity contribution in [3.05, 3.63) is 59.9 Å². The second-order valence-electron chi connectivity index (χ2n) is 4.79. The molecule has 2 aromatic carbocycles. The van der Waals surface area contributed by atoms with Gasteiger partial charge in [0.05, 0.1) is 0 Å². The third kappa shape index (κ3) is 4.23. The summed E-state index contributed by atoms with van der Waals surface area (Å²) < 4.78 is 0. The number of aromatic hydroxyl groups is 2. The van der Waals surface area contributed by atoms with Crippen LogP contribution >= 0.6 is 0 Å². The van der Waals surface area contributed by atoms with E-state index in [0.717, 1.165) is 11.1 Å². The van der Waals surface area contributed by atoms with Crippen LogP contribution in [0.2, 0.25) is 0 Å². The molecule has 0 spiro atoms. The lowest BCUT2D eigenvalue weighted by atomic mass is 9.99. The monoisotopic (exact) mass is 324 g/mol. The van der Waals surface area contributed by atoms with Gasteiger partial charge >= 0.3 is 0 Å². The van der Waals surface area contributed by atoms with Crippen LogP contribution in [-0.2, 0) is 9.59 Å². The summed E-state index contributed by atoms with van der Waals surface area (Å²) in [4.78, 5) is 20.5. The Labute approximate surface area is 138 Å². The minimum Gasteiger partial charge on any atom is -0.507 e. The van der Waals surface area contributed by atoms with Crippen LogP contribution in [0.1, 0.15) is 11.1 Å². The second kappa shape index (κ2) is 8.19. The van der Waals surface area contributed by atoms with Crippen molar-refractivity contribution in [3.63, 3.8) is 0 Å². The highest BCUT2D eigenvalue weighted by Gasteiger charge is 2.10. The number of rotatable bonds is 7. The molecule has 0 aliphatic heterocycles. The first-order valence-corrected chi connectivity index (χ1v) is 7.04. The van der Waals surface area contributed by atoms with E-state index in [4.69, 9.17) is 0 Å². The Morgan fingerprint density at radius 2 is 1.12 bits per heavy atom. The number of amides is 2. The van der Waals surface area contributed by atoms with E-state index in [0.29, 0.717) is 23.9 Å². The maximum absolute atomic E-state index is 10.3. The number of phenolic OH excluding ortho intramolecular Hbond substituents is 2. The van der Waals surface area contributed by atoms with Gasteiger partial charge in [0.1, 0.15) is 11.5 Å². The van der Waals surface area contributed by atoms with Crippen molar-refractivity contribution in [1.82, 2.24) is 10.6 Å². The van der Waals surface area contributed by atoms with Gasteiger partial charge in [0.25, 0.3) is 0 Å². The Morgan fingerprint density at radius 3 is 1.50 bits per heavy atom. The smallest absolute Gasteiger partial charge is 0.211 e. The molecule has 2 aromatic rings. The molecule has 0 saturated heterocycles. The zero-order valence-electron chi connectivity index (χ0n) is 12.6. The van der Waals surface area contributed by atoms with Crippen LogP contribution in [-0.4, -0.2) is 23.0 Å². The average molecular weight is 324 g/mol. The summed E-state index contributed by atoms with van der Waals surface area (Å²) in [6, 6.07) is 9.74. The van der Waals surface area contributed by atoms with Gasteiger partial charge in [-0.3, -0.25) is 9.59 Å².